The lowest BCUT2D eigenvalue weighted by Gasteiger charge is -2.36. The van der Waals surface area contributed by atoms with Gasteiger partial charge in [-0.3, -0.25) is 9.69 Å². The van der Waals surface area contributed by atoms with Gasteiger partial charge in [-0.2, -0.15) is 4.98 Å². The lowest BCUT2D eigenvalue weighted by molar-refractivity contribution is 0.0551. The number of aryl methyl sites for hydroxylation is 1. The second-order valence-electron chi connectivity index (χ2n) is 7.93. The smallest absolute Gasteiger partial charge is 0.254 e. The maximum Gasteiger partial charge on any atom is 0.254 e. The summed E-state index contributed by atoms with van der Waals surface area (Å²) < 4.78 is 16.1. The first kappa shape index (κ1) is 21.8. The lowest BCUT2D eigenvalue weighted by atomic mass is 10.1. The van der Waals surface area contributed by atoms with E-state index in [1.807, 2.05) is 36.1 Å². The zero-order valence-electron chi connectivity index (χ0n) is 18.9. The molecular weight excluding hydrogens is 408 g/mol. The summed E-state index contributed by atoms with van der Waals surface area (Å²) in [7, 11) is 3.15. The molecule has 32 heavy (non-hydrogen) atoms. The third-order valence-electron chi connectivity index (χ3n) is 5.86. The maximum absolute atomic E-state index is 13.0. The van der Waals surface area contributed by atoms with Crippen molar-refractivity contribution in [2.75, 3.05) is 40.4 Å². The van der Waals surface area contributed by atoms with E-state index in [2.05, 4.69) is 22.0 Å². The topological polar surface area (TPSA) is 80.9 Å². The predicted octanol–water partition coefficient (Wildman–Crippen LogP) is 3.58. The second-order valence-corrected chi connectivity index (χ2v) is 7.93. The molecule has 1 aliphatic rings. The standard InChI is InChI=1S/C24H28N4O4/c1-16-5-7-18(8-6-16)22-25-23(32-26-22)17(2)27-9-11-28(12-10-27)24(29)19-13-20(30-3)15-21(14-19)31-4/h5-8,13-15,17H,9-12H2,1-4H3. The highest BCUT2D eigenvalue weighted by Crippen LogP contribution is 2.26. The number of piperazine rings is 1. The molecule has 8 nitrogen and oxygen atoms in total. The molecule has 0 spiro atoms. The summed E-state index contributed by atoms with van der Waals surface area (Å²) in [6, 6.07) is 13.3. The summed E-state index contributed by atoms with van der Waals surface area (Å²) in [5, 5.41) is 4.15. The van der Waals surface area contributed by atoms with E-state index < -0.39 is 0 Å². The Morgan fingerprint density at radius 1 is 1.00 bits per heavy atom. The molecule has 0 radical (unpaired) electrons. The summed E-state index contributed by atoms with van der Waals surface area (Å²) in [6.07, 6.45) is 0. The number of hydrogen-bond donors (Lipinski definition) is 0. The van der Waals surface area contributed by atoms with Crippen molar-refractivity contribution in [2.45, 2.75) is 19.9 Å². The van der Waals surface area contributed by atoms with Gasteiger partial charge in [-0.1, -0.05) is 35.0 Å². The molecule has 2 aromatic carbocycles. The molecule has 3 aromatic rings. The van der Waals surface area contributed by atoms with Gasteiger partial charge in [0, 0.05) is 43.4 Å². The molecule has 4 rings (SSSR count). The Morgan fingerprint density at radius 3 is 2.22 bits per heavy atom. The number of rotatable bonds is 6. The molecule has 0 saturated carbocycles. The summed E-state index contributed by atoms with van der Waals surface area (Å²) in [5.41, 5.74) is 2.68. The van der Waals surface area contributed by atoms with Crippen molar-refractivity contribution in [3.63, 3.8) is 0 Å². The summed E-state index contributed by atoms with van der Waals surface area (Å²) in [5.74, 6) is 2.33. The molecule has 1 atom stereocenters. The fourth-order valence-electron chi connectivity index (χ4n) is 3.81. The molecule has 1 aromatic heterocycles. The van der Waals surface area contributed by atoms with E-state index >= 15 is 0 Å². The van der Waals surface area contributed by atoms with E-state index in [1.54, 1.807) is 32.4 Å². The van der Waals surface area contributed by atoms with Crippen LogP contribution in [-0.2, 0) is 0 Å². The van der Waals surface area contributed by atoms with E-state index in [1.165, 1.54) is 5.56 Å². The molecular formula is C24H28N4O4. The molecule has 1 fully saturated rings. The van der Waals surface area contributed by atoms with Crippen LogP contribution >= 0.6 is 0 Å². The van der Waals surface area contributed by atoms with Crippen molar-refractivity contribution >= 4 is 5.91 Å². The minimum absolute atomic E-state index is 0.0316. The Morgan fingerprint density at radius 2 is 1.62 bits per heavy atom. The van der Waals surface area contributed by atoms with Gasteiger partial charge in [0.2, 0.25) is 11.7 Å². The Balaban J connectivity index is 1.39. The number of nitrogens with zero attached hydrogens (tertiary/aromatic N) is 4. The Kier molecular flexibility index (Phi) is 6.41. The average molecular weight is 437 g/mol. The fraction of sp³-hybridized carbons (Fsp3) is 0.375. The number of benzene rings is 2. The van der Waals surface area contributed by atoms with Crippen LogP contribution in [0.4, 0.5) is 0 Å². The SMILES string of the molecule is COc1cc(OC)cc(C(=O)N2CCN(C(C)c3nc(-c4ccc(C)cc4)no3)CC2)c1. The van der Waals surface area contributed by atoms with E-state index in [-0.39, 0.29) is 11.9 Å². The van der Waals surface area contributed by atoms with Crippen molar-refractivity contribution in [2.24, 2.45) is 0 Å². The van der Waals surface area contributed by atoms with E-state index in [0.29, 0.717) is 41.9 Å². The first-order valence-corrected chi connectivity index (χ1v) is 10.7. The van der Waals surface area contributed by atoms with Crippen LogP contribution < -0.4 is 9.47 Å². The highest BCUT2D eigenvalue weighted by atomic mass is 16.5. The molecule has 168 valence electrons. The van der Waals surface area contributed by atoms with Crippen LogP contribution in [0.2, 0.25) is 0 Å². The van der Waals surface area contributed by atoms with Crippen LogP contribution in [0.15, 0.2) is 47.0 Å². The summed E-state index contributed by atoms with van der Waals surface area (Å²) >= 11 is 0. The highest BCUT2D eigenvalue weighted by Gasteiger charge is 2.28. The summed E-state index contributed by atoms with van der Waals surface area (Å²) in [6.45, 7) is 6.76. The largest absolute Gasteiger partial charge is 0.497 e. The van der Waals surface area contributed by atoms with Gasteiger partial charge in [-0.15, -0.1) is 0 Å². The van der Waals surface area contributed by atoms with Crippen molar-refractivity contribution in [3.8, 4) is 22.9 Å². The zero-order chi connectivity index (χ0) is 22.7. The number of carbonyl (C=O) groups is 1. The summed E-state index contributed by atoms with van der Waals surface area (Å²) in [4.78, 5) is 21.7. The van der Waals surface area contributed by atoms with E-state index in [4.69, 9.17) is 14.0 Å². The number of methoxy groups -OCH3 is 2. The molecule has 2 heterocycles. The van der Waals surface area contributed by atoms with Gasteiger partial charge in [0.05, 0.1) is 20.3 Å². The average Bonchev–Trinajstić information content (AvgIpc) is 3.33. The second kappa shape index (κ2) is 9.40. The van der Waals surface area contributed by atoms with Gasteiger partial charge in [0.15, 0.2) is 0 Å². The molecule has 0 aliphatic carbocycles. The lowest BCUT2D eigenvalue weighted by Crippen LogP contribution is -2.49. The first-order chi connectivity index (χ1) is 15.5. The van der Waals surface area contributed by atoms with Gasteiger partial charge >= 0.3 is 0 Å². The van der Waals surface area contributed by atoms with Crippen LogP contribution in [0.1, 0.15) is 34.8 Å². The normalized spacial score (nSPS) is 15.4. The van der Waals surface area contributed by atoms with Crippen molar-refractivity contribution in [1.29, 1.82) is 0 Å². The van der Waals surface area contributed by atoms with Gasteiger partial charge in [0.25, 0.3) is 5.91 Å². The molecule has 1 amide bonds. The monoisotopic (exact) mass is 436 g/mol. The number of carbonyl (C=O) groups excluding carboxylic acids is 1. The number of aromatic nitrogens is 2. The van der Waals surface area contributed by atoms with Crippen molar-refractivity contribution in [1.82, 2.24) is 19.9 Å². The molecule has 1 unspecified atom stereocenters. The quantitative estimate of drug-likeness (QED) is 0.584. The van der Waals surface area contributed by atoms with Crippen LogP contribution in [0.3, 0.4) is 0 Å². The molecule has 0 bridgehead atoms. The van der Waals surface area contributed by atoms with Crippen LogP contribution in [0, 0.1) is 6.92 Å². The Hall–Kier alpha value is -3.39. The Labute approximate surface area is 187 Å². The van der Waals surface area contributed by atoms with Gasteiger partial charge in [-0.25, -0.2) is 0 Å². The number of hydrogen-bond acceptors (Lipinski definition) is 7. The highest BCUT2D eigenvalue weighted by molar-refractivity contribution is 5.95. The van der Waals surface area contributed by atoms with Crippen LogP contribution in [-0.4, -0.2) is 66.2 Å². The number of amides is 1. The van der Waals surface area contributed by atoms with Crippen molar-refractivity contribution < 1.29 is 18.8 Å². The molecule has 8 heteroatoms. The zero-order valence-corrected chi connectivity index (χ0v) is 18.9. The molecule has 1 saturated heterocycles. The van der Waals surface area contributed by atoms with Crippen LogP contribution in [0.25, 0.3) is 11.4 Å². The first-order valence-electron chi connectivity index (χ1n) is 10.7. The van der Waals surface area contributed by atoms with E-state index in [0.717, 1.165) is 18.7 Å². The third-order valence-corrected chi connectivity index (χ3v) is 5.86. The van der Waals surface area contributed by atoms with Gasteiger partial charge in [-0.05, 0) is 26.0 Å². The van der Waals surface area contributed by atoms with Crippen molar-refractivity contribution in [3.05, 3.63) is 59.5 Å². The predicted molar refractivity (Wildman–Crippen MR) is 120 cm³/mol. The minimum atomic E-state index is -0.0334. The third kappa shape index (κ3) is 4.60. The Bertz CT molecular complexity index is 1050. The molecule has 1 aliphatic heterocycles. The van der Waals surface area contributed by atoms with Crippen LogP contribution in [0.5, 0.6) is 11.5 Å². The minimum Gasteiger partial charge on any atom is -0.497 e. The maximum atomic E-state index is 13.0. The fourth-order valence-corrected chi connectivity index (χ4v) is 3.81. The molecule has 0 N–H and O–H groups in total. The number of ether oxygens (including phenoxy) is 2. The van der Waals surface area contributed by atoms with Gasteiger partial charge in [0.1, 0.15) is 11.5 Å². The van der Waals surface area contributed by atoms with Gasteiger partial charge < -0.3 is 18.9 Å². The van der Waals surface area contributed by atoms with E-state index in [9.17, 15) is 4.79 Å².